The van der Waals surface area contributed by atoms with E-state index in [4.69, 9.17) is 0 Å². The fraction of sp³-hybridized carbons (Fsp3) is 0.500. The summed E-state index contributed by atoms with van der Waals surface area (Å²) in [6.45, 7) is 5.30. The second-order valence-corrected chi connectivity index (χ2v) is 4.30. The predicted molar refractivity (Wildman–Crippen MR) is 62.9 cm³/mol. The van der Waals surface area contributed by atoms with Gasteiger partial charge in [-0.05, 0) is 35.3 Å². The molecule has 1 N–H and O–H groups in total. The quantitative estimate of drug-likeness (QED) is 0.836. The van der Waals surface area contributed by atoms with Crippen LogP contribution in [0.4, 0.5) is 11.5 Å². The van der Waals surface area contributed by atoms with Crippen LogP contribution in [0.1, 0.15) is 13.3 Å². The summed E-state index contributed by atoms with van der Waals surface area (Å²) >= 11 is 3.44. The highest BCUT2D eigenvalue weighted by molar-refractivity contribution is 9.10. The SMILES string of the molecule is CCN1CCCNc2cc(Br)cnc21. The summed E-state index contributed by atoms with van der Waals surface area (Å²) in [4.78, 5) is 6.75. The van der Waals surface area contributed by atoms with Gasteiger partial charge in [-0.2, -0.15) is 0 Å². The first-order valence-corrected chi connectivity index (χ1v) is 5.75. The molecule has 3 nitrogen and oxygen atoms in total. The number of anilines is 2. The number of aromatic nitrogens is 1. The Labute approximate surface area is 92.6 Å². The average molecular weight is 256 g/mol. The van der Waals surface area contributed by atoms with E-state index in [9.17, 15) is 0 Å². The van der Waals surface area contributed by atoms with Crippen LogP contribution in [0.2, 0.25) is 0 Å². The second-order valence-electron chi connectivity index (χ2n) is 3.38. The van der Waals surface area contributed by atoms with Crippen molar-refractivity contribution in [2.24, 2.45) is 0 Å². The maximum absolute atomic E-state index is 4.45. The van der Waals surface area contributed by atoms with Gasteiger partial charge < -0.3 is 10.2 Å². The Kier molecular flexibility index (Phi) is 2.91. The van der Waals surface area contributed by atoms with E-state index in [2.05, 4.69) is 44.1 Å². The van der Waals surface area contributed by atoms with E-state index < -0.39 is 0 Å². The van der Waals surface area contributed by atoms with E-state index in [0.717, 1.165) is 35.6 Å². The molecular formula is C10H14BrN3. The van der Waals surface area contributed by atoms with Gasteiger partial charge in [0.15, 0.2) is 5.82 Å². The van der Waals surface area contributed by atoms with Crippen LogP contribution < -0.4 is 10.2 Å². The van der Waals surface area contributed by atoms with Gasteiger partial charge in [0, 0.05) is 30.3 Å². The van der Waals surface area contributed by atoms with E-state index in [1.165, 1.54) is 6.42 Å². The minimum Gasteiger partial charge on any atom is -0.382 e. The van der Waals surface area contributed by atoms with E-state index in [-0.39, 0.29) is 0 Å². The molecule has 0 atom stereocenters. The summed E-state index contributed by atoms with van der Waals surface area (Å²) < 4.78 is 1.03. The normalized spacial score (nSPS) is 15.7. The number of nitrogens with zero attached hydrogens (tertiary/aromatic N) is 2. The van der Waals surface area contributed by atoms with Crippen molar-refractivity contribution in [3.8, 4) is 0 Å². The number of nitrogens with one attached hydrogen (secondary N) is 1. The lowest BCUT2D eigenvalue weighted by atomic mass is 10.3. The predicted octanol–water partition coefficient (Wildman–Crippen LogP) is 2.49. The molecule has 0 spiro atoms. The molecule has 1 aromatic heterocycles. The van der Waals surface area contributed by atoms with Crippen molar-refractivity contribution in [1.82, 2.24) is 4.98 Å². The molecule has 1 aliphatic heterocycles. The molecule has 1 aliphatic rings. The van der Waals surface area contributed by atoms with E-state index in [1.54, 1.807) is 0 Å². The maximum atomic E-state index is 4.45. The van der Waals surface area contributed by atoms with Gasteiger partial charge in [0.1, 0.15) is 0 Å². The van der Waals surface area contributed by atoms with Gasteiger partial charge in [-0.15, -0.1) is 0 Å². The Bertz CT molecular complexity index is 327. The van der Waals surface area contributed by atoms with Crippen LogP contribution in [-0.4, -0.2) is 24.6 Å². The third-order valence-electron chi connectivity index (χ3n) is 2.43. The van der Waals surface area contributed by atoms with Gasteiger partial charge >= 0.3 is 0 Å². The molecular weight excluding hydrogens is 242 g/mol. The Morgan fingerprint density at radius 1 is 1.64 bits per heavy atom. The Hall–Kier alpha value is -0.770. The zero-order valence-corrected chi connectivity index (χ0v) is 9.84. The summed E-state index contributed by atoms with van der Waals surface area (Å²) in [5, 5.41) is 3.40. The van der Waals surface area contributed by atoms with Gasteiger partial charge in [0.05, 0.1) is 5.69 Å². The zero-order valence-electron chi connectivity index (χ0n) is 8.26. The molecule has 2 rings (SSSR count). The van der Waals surface area contributed by atoms with Crippen molar-refractivity contribution in [2.45, 2.75) is 13.3 Å². The third-order valence-corrected chi connectivity index (χ3v) is 2.87. The van der Waals surface area contributed by atoms with Crippen molar-refractivity contribution in [3.63, 3.8) is 0 Å². The molecule has 0 saturated heterocycles. The molecule has 0 fully saturated rings. The van der Waals surface area contributed by atoms with Crippen LogP contribution in [0.25, 0.3) is 0 Å². The molecule has 0 unspecified atom stereocenters. The summed E-state index contributed by atoms with van der Waals surface area (Å²) in [5.41, 5.74) is 1.14. The molecule has 14 heavy (non-hydrogen) atoms. The number of hydrogen-bond acceptors (Lipinski definition) is 3. The highest BCUT2D eigenvalue weighted by Crippen LogP contribution is 2.28. The monoisotopic (exact) mass is 255 g/mol. The maximum Gasteiger partial charge on any atom is 0.152 e. The van der Waals surface area contributed by atoms with E-state index in [1.807, 2.05) is 6.20 Å². The number of rotatable bonds is 1. The lowest BCUT2D eigenvalue weighted by Crippen LogP contribution is -2.24. The van der Waals surface area contributed by atoms with Crippen LogP contribution in [-0.2, 0) is 0 Å². The first-order chi connectivity index (χ1) is 6.81. The Morgan fingerprint density at radius 3 is 3.29 bits per heavy atom. The number of fused-ring (bicyclic) bond motifs is 1. The molecule has 4 heteroatoms. The molecule has 0 bridgehead atoms. The standard InChI is InChI=1S/C10H14BrN3/c1-2-14-5-3-4-12-9-6-8(11)7-13-10(9)14/h6-7,12H,2-5H2,1H3. The first kappa shape index (κ1) is 9.77. The molecule has 0 amide bonds. The summed E-state index contributed by atoms with van der Waals surface area (Å²) in [7, 11) is 0. The van der Waals surface area contributed by atoms with Crippen molar-refractivity contribution >= 4 is 27.4 Å². The van der Waals surface area contributed by atoms with E-state index in [0.29, 0.717) is 0 Å². The van der Waals surface area contributed by atoms with Crippen molar-refractivity contribution in [1.29, 1.82) is 0 Å². The van der Waals surface area contributed by atoms with Gasteiger partial charge in [0.2, 0.25) is 0 Å². The lowest BCUT2D eigenvalue weighted by molar-refractivity contribution is 0.777. The molecule has 2 heterocycles. The average Bonchev–Trinajstić information content (AvgIpc) is 2.38. The van der Waals surface area contributed by atoms with Crippen LogP contribution in [0.5, 0.6) is 0 Å². The molecule has 0 aromatic carbocycles. The first-order valence-electron chi connectivity index (χ1n) is 4.95. The van der Waals surface area contributed by atoms with Crippen LogP contribution in [0, 0.1) is 0 Å². The summed E-state index contributed by atoms with van der Waals surface area (Å²) in [6.07, 6.45) is 3.02. The van der Waals surface area contributed by atoms with Crippen molar-refractivity contribution in [2.75, 3.05) is 29.9 Å². The van der Waals surface area contributed by atoms with Gasteiger partial charge in [-0.3, -0.25) is 0 Å². The number of hydrogen-bond donors (Lipinski definition) is 1. The van der Waals surface area contributed by atoms with Crippen LogP contribution >= 0.6 is 15.9 Å². The highest BCUT2D eigenvalue weighted by Gasteiger charge is 2.14. The van der Waals surface area contributed by atoms with Gasteiger partial charge in [-0.25, -0.2) is 4.98 Å². The van der Waals surface area contributed by atoms with Crippen LogP contribution in [0.3, 0.4) is 0 Å². The lowest BCUT2D eigenvalue weighted by Gasteiger charge is -2.20. The smallest absolute Gasteiger partial charge is 0.152 e. The molecule has 0 radical (unpaired) electrons. The topological polar surface area (TPSA) is 28.2 Å². The molecule has 0 saturated carbocycles. The minimum atomic E-state index is 1.02. The minimum absolute atomic E-state index is 1.02. The molecule has 1 aromatic rings. The zero-order chi connectivity index (χ0) is 9.97. The van der Waals surface area contributed by atoms with E-state index >= 15 is 0 Å². The number of pyridine rings is 1. The number of halogens is 1. The molecule has 76 valence electrons. The Balaban J connectivity index is 2.39. The highest BCUT2D eigenvalue weighted by atomic mass is 79.9. The van der Waals surface area contributed by atoms with Crippen molar-refractivity contribution < 1.29 is 0 Å². The molecule has 0 aliphatic carbocycles. The van der Waals surface area contributed by atoms with Crippen molar-refractivity contribution in [3.05, 3.63) is 16.7 Å². The second kappa shape index (κ2) is 4.17. The van der Waals surface area contributed by atoms with Crippen LogP contribution in [0.15, 0.2) is 16.7 Å². The summed E-state index contributed by atoms with van der Waals surface area (Å²) in [5.74, 6) is 1.08. The Morgan fingerprint density at radius 2 is 2.50 bits per heavy atom. The largest absolute Gasteiger partial charge is 0.382 e. The fourth-order valence-electron chi connectivity index (χ4n) is 1.72. The van der Waals surface area contributed by atoms with Gasteiger partial charge in [-0.1, -0.05) is 0 Å². The summed E-state index contributed by atoms with van der Waals surface area (Å²) in [6, 6.07) is 2.09. The third kappa shape index (κ3) is 1.85. The fourth-order valence-corrected chi connectivity index (χ4v) is 2.05. The van der Waals surface area contributed by atoms with Gasteiger partial charge in [0.25, 0.3) is 0 Å².